The molecular weight excluding hydrogens is 306 g/mol. The van der Waals surface area contributed by atoms with Gasteiger partial charge in [0.05, 0.1) is 0 Å². The molecule has 0 saturated heterocycles. The smallest absolute Gasteiger partial charge is 0.409 e. The molecule has 0 aliphatic rings. The normalized spacial score (nSPS) is 10.8. The first-order chi connectivity index (χ1) is 11.6. The van der Waals surface area contributed by atoms with Crippen LogP contribution in [0.4, 0.5) is 10.5 Å². The summed E-state index contributed by atoms with van der Waals surface area (Å²) in [5, 5.41) is 25.2. The molecule has 1 aromatic heterocycles. The van der Waals surface area contributed by atoms with E-state index in [1.54, 1.807) is 18.2 Å². The minimum atomic E-state index is -1.07. The maximum Gasteiger partial charge on any atom is 0.409 e. The number of hydrogen-bond acceptors (Lipinski definition) is 3. The van der Waals surface area contributed by atoms with Gasteiger partial charge in [0.1, 0.15) is 5.75 Å². The molecule has 0 spiro atoms. The summed E-state index contributed by atoms with van der Waals surface area (Å²) in [6, 6.07) is 12.7. The molecule has 2 aromatic carbocycles. The number of fused-ring (bicyclic) bond motifs is 1. The van der Waals surface area contributed by atoms with E-state index in [0.29, 0.717) is 18.0 Å². The van der Waals surface area contributed by atoms with Gasteiger partial charge in [-0.1, -0.05) is 18.2 Å². The predicted octanol–water partition coefficient (Wildman–Crippen LogP) is 3.30. The molecule has 0 atom stereocenters. The van der Waals surface area contributed by atoms with Gasteiger partial charge in [0, 0.05) is 34.9 Å². The number of aromatic amines is 1. The van der Waals surface area contributed by atoms with Crippen molar-refractivity contribution in [3.8, 4) is 5.75 Å². The summed E-state index contributed by atoms with van der Waals surface area (Å²) in [5.41, 5.74) is 3.51. The molecule has 24 heavy (non-hydrogen) atoms. The number of amides is 1. The first-order valence-electron chi connectivity index (χ1n) is 7.71. The topological polar surface area (TPSA) is 97.4 Å². The Bertz CT molecular complexity index is 858. The van der Waals surface area contributed by atoms with Crippen LogP contribution < -0.4 is 10.6 Å². The van der Waals surface area contributed by atoms with Crippen molar-refractivity contribution in [2.75, 3.05) is 11.9 Å². The molecule has 6 nitrogen and oxygen atoms in total. The van der Waals surface area contributed by atoms with Crippen LogP contribution in [-0.2, 0) is 13.0 Å². The average molecular weight is 325 g/mol. The number of aromatic hydroxyl groups is 1. The van der Waals surface area contributed by atoms with E-state index >= 15 is 0 Å². The molecule has 0 fully saturated rings. The van der Waals surface area contributed by atoms with Gasteiger partial charge in [-0.15, -0.1) is 0 Å². The highest BCUT2D eigenvalue weighted by Crippen LogP contribution is 2.23. The van der Waals surface area contributed by atoms with E-state index in [4.69, 9.17) is 5.11 Å². The van der Waals surface area contributed by atoms with Gasteiger partial charge in [0.15, 0.2) is 0 Å². The molecule has 0 saturated carbocycles. The van der Waals surface area contributed by atoms with Gasteiger partial charge in [-0.3, -0.25) is 5.32 Å². The number of nitrogens with one attached hydrogen (secondary N) is 3. The molecular formula is C18H19N3O3. The summed E-state index contributed by atoms with van der Waals surface area (Å²) in [6.07, 6.45) is 1.66. The Hall–Kier alpha value is -2.99. The van der Waals surface area contributed by atoms with E-state index in [2.05, 4.69) is 15.6 Å². The Kier molecular flexibility index (Phi) is 4.67. The third kappa shape index (κ3) is 3.67. The highest BCUT2D eigenvalue weighted by molar-refractivity contribution is 5.91. The first-order valence-corrected chi connectivity index (χ1v) is 7.71. The minimum Gasteiger partial charge on any atom is -0.508 e. The fourth-order valence-corrected chi connectivity index (χ4v) is 2.69. The van der Waals surface area contributed by atoms with E-state index in [1.807, 2.05) is 30.5 Å². The summed E-state index contributed by atoms with van der Waals surface area (Å²) in [4.78, 5) is 13.9. The third-order valence-corrected chi connectivity index (χ3v) is 3.90. The van der Waals surface area contributed by atoms with E-state index in [9.17, 15) is 9.90 Å². The van der Waals surface area contributed by atoms with Crippen molar-refractivity contribution in [1.82, 2.24) is 10.3 Å². The highest BCUT2D eigenvalue weighted by Gasteiger charge is 2.06. The zero-order valence-corrected chi connectivity index (χ0v) is 13.0. The summed E-state index contributed by atoms with van der Waals surface area (Å²) < 4.78 is 0. The van der Waals surface area contributed by atoms with Crippen LogP contribution in [0.15, 0.2) is 48.7 Å². The fraction of sp³-hybridized carbons (Fsp3) is 0.167. The maximum atomic E-state index is 10.8. The second kappa shape index (κ2) is 7.06. The summed E-state index contributed by atoms with van der Waals surface area (Å²) >= 11 is 0. The molecule has 5 N–H and O–H groups in total. The van der Waals surface area contributed by atoms with Gasteiger partial charge < -0.3 is 20.5 Å². The van der Waals surface area contributed by atoms with Crippen molar-refractivity contribution in [1.29, 1.82) is 0 Å². The maximum absolute atomic E-state index is 10.8. The quantitative estimate of drug-likeness (QED) is 0.449. The second-order valence-electron chi connectivity index (χ2n) is 5.56. The van der Waals surface area contributed by atoms with E-state index < -0.39 is 6.09 Å². The third-order valence-electron chi connectivity index (χ3n) is 3.90. The van der Waals surface area contributed by atoms with Crippen molar-refractivity contribution in [3.05, 3.63) is 59.8 Å². The number of benzene rings is 2. The molecule has 0 radical (unpaired) electrons. The molecule has 1 amide bonds. The van der Waals surface area contributed by atoms with Crippen molar-refractivity contribution >= 4 is 22.7 Å². The highest BCUT2D eigenvalue weighted by atomic mass is 16.4. The van der Waals surface area contributed by atoms with E-state index in [1.165, 1.54) is 0 Å². The SMILES string of the molecule is O=C(O)Nc1ccc2[nH]cc(CCNCc3ccccc3O)c2c1. The van der Waals surface area contributed by atoms with Gasteiger partial charge in [0.2, 0.25) is 0 Å². The average Bonchev–Trinajstić information content (AvgIpc) is 2.95. The number of hydrogen-bond donors (Lipinski definition) is 5. The lowest BCUT2D eigenvalue weighted by Gasteiger charge is -2.07. The molecule has 6 heteroatoms. The van der Waals surface area contributed by atoms with Crippen LogP contribution in [0.25, 0.3) is 10.9 Å². The number of carboxylic acid groups (broad SMARTS) is 1. The fourth-order valence-electron chi connectivity index (χ4n) is 2.69. The van der Waals surface area contributed by atoms with Crippen molar-refractivity contribution < 1.29 is 15.0 Å². The first kappa shape index (κ1) is 15.9. The largest absolute Gasteiger partial charge is 0.508 e. The molecule has 0 aliphatic carbocycles. The van der Waals surface area contributed by atoms with Crippen LogP contribution in [0.3, 0.4) is 0 Å². The van der Waals surface area contributed by atoms with Crippen LogP contribution >= 0.6 is 0 Å². The predicted molar refractivity (Wildman–Crippen MR) is 93.5 cm³/mol. The number of aromatic nitrogens is 1. The van der Waals surface area contributed by atoms with Gasteiger partial charge in [-0.2, -0.15) is 0 Å². The molecule has 0 aliphatic heterocycles. The standard InChI is InChI=1S/C18H19N3O3/c22-17-4-2-1-3-13(17)10-19-8-7-12-11-20-16-6-5-14(9-15(12)16)21-18(23)24/h1-6,9,11,19-22H,7-8,10H2,(H,23,24). The Morgan fingerprint density at radius 3 is 2.75 bits per heavy atom. The van der Waals surface area contributed by atoms with Gasteiger partial charge in [-0.25, -0.2) is 4.79 Å². The Balaban J connectivity index is 1.62. The Morgan fingerprint density at radius 1 is 1.12 bits per heavy atom. The summed E-state index contributed by atoms with van der Waals surface area (Å²) in [7, 11) is 0. The van der Waals surface area contributed by atoms with Crippen molar-refractivity contribution in [2.45, 2.75) is 13.0 Å². The zero-order chi connectivity index (χ0) is 16.9. The number of phenols is 1. The molecule has 0 unspecified atom stereocenters. The summed E-state index contributed by atoms with van der Waals surface area (Å²) in [5.74, 6) is 0.293. The van der Waals surface area contributed by atoms with Crippen LogP contribution in [0.1, 0.15) is 11.1 Å². The minimum absolute atomic E-state index is 0.293. The lowest BCUT2D eigenvalue weighted by molar-refractivity contribution is 0.210. The number of carbonyl (C=O) groups is 1. The Labute approximate surface area is 139 Å². The van der Waals surface area contributed by atoms with Crippen molar-refractivity contribution in [3.63, 3.8) is 0 Å². The number of rotatable bonds is 6. The van der Waals surface area contributed by atoms with E-state index in [-0.39, 0.29) is 0 Å². The lowest BCUT2D eigenvalue weighted by Crippen LogP contribution is -2.16. The number of phenolic OH excluding ortho intramolecular Hbond substituents is 1. The van der Waals surface area contributed by atoms with Gasteiger partial charge >= 0.3 is 6.09 Å². The number of H-pyrrole nitrogens is 1. The van der Waals surface area contributed by atoms with Gasteiger partial charge in [0.25, 0.3) is 0 Å². The molecule has 3 aromatic rings. The van der Waals surface area contributed by atoms with Crippen LogP contribution in [0.2, 0.25) is 0 Å². The lowest BCUT2D eigenvalue weighted by atomic mass is 10.1. The number of anilines is 1. The van der Waals surface area contributed by atoms with Crippen LogP contribution in [-0.4, -0.2) is 27.8 Å². The molecule has 0 bridgehead atoms. The van der Waals surface area contributed by atoms with E-state index in [0.717, 1.165) is 35.0 Å². The zero-order valence-electron chi connectivity index (χ0n) is 13.0. The summed E-state index contributed by atoms with van der Waals surface area (Å²) in [6.45, 7) is 1.35. The molecule has 3 rings (SSSR count). The van der Waals surface area contributed by atoms with Crippen LogP contribution in [0, 0.1) is 0 Å². The monoisotopic (exact) mass is 325 g/mol. The molecule has 124 valence electrons. The molecule has 1 heterocycles. The van der Waals surface area contributed by atoms with Crippen LogP contribution in [0.5, 0.6) is 5.75 Å². The Morgan fingerprint density at radius 2 is 1.96 bits per heavy atom. The number of para-hydroxylation sites is 1. The van der Waals surface area contributed by atoms with Gasteiger partial charge in [-0.05, 0) is 42.8 Å². The van der Waals surface area contributed by atoms with Crippen molar-refractivity contribution in [2.24, 2.45) is 0 Å². The second-order valence-corrected chi connectivity index (χ2v) is 5.56.